The normalized spacial score (nSPS) is 11.4. The van der Waals surface area contributed by atoms with Gasteiger partial charge >= 0.3 is 0 Å². The number of carbonyl (C=O) groups is 2. The van der Waals surface area contributed by atoms with Gasteiger partial charge in [-0.15, -0.1) is 0 Å². The molecule has 3 aromatic rings. The highest BCUT2D eigenvalue weighted by Crippen LogP contribution is 2.27. The number of nitrogens with one attached hydrogen (secondary N) is 1. The van der Waals surface area contributed by atoms with Crippen molar-refractivity contribution in [2.45, 2.75) is 46.1 Å². The van der Waals surface area contributed by atoms with E-state index in [9.17, 15) is 9.59 Å². The van der Waals surface area contributed by atoms with Crippen LogP contribution in [-0.2, 0) is 10.2 Å². The van der Waals surface area contributed by atoms with Crippen molar-refractivity contribution in [3.8, 4) is 11.4 Å². The zero-order chi connectivity index (χ0) is 25.0. The van der Waals surface area contributed by atoms with Gasteiger partial charge in [0, 0.05) is 27.6 Å². The number of amides is 2. The van der Waals surface area contributed by atoms with Crippen LogP contribution in [0.25, 0.3) is 5.69 Å². The first kappa shape index (κ1) is 25.5. The lowest BCUT2D eigenvalue weighted by Gasteiger charge is -2.26. The number of hydrogen-bond donors (Lipinski definition) is 1. The maximum atomic E-state index is 13.1. The molecular weight excluding hydrogens is 496 g/mol. The molecule has 0 aliphatic heterocycles. The summed E-state index contributed by atoms with van der Waals surface area (Å²) in [6, 6.07) is 16.3. The van der Waals surface area contributed by atoms with E-state index >= 15 is 0 Å². The number of aromatic nitrogens is 2. The molecule has 7 nitrogen and oxygen atoms in total. The predicted molar refractivity (Wildman–Crippen MR) is 138 cm³/mol. The minimum atomic E-state index is -0.299. The molecule has 180 valence electrons. The van der Waals surface area contributed by atoms with E-state index in [2.05, 4.69) is 42.0 Å². The number of anilines is 1. The Morgan fingerprint density at radius 3 is 2.35 bits per heavy atom. The van der Waals surface area contributed by atoms with Crippen molar-refractivity contribution in [1.29, 1.82) is 0 Å². The average molecular weight is 527 g/mol. The second kappa shape index (κ2) is 10.4. The van der Waals surface area contributed by atoms with Crippen LogP contribution >= 0.6 is 15.9 Å². The van der Waals surface area contributed by atoms with Crippen LogP contribution < -0.4 is 10.1 Å². The van der Waals surface area contributed by atoms with Crippen molar-refractivity contribution < 1.29 is 14.3 Å². The summed E-state index contributed by atoms with van der Waals surface area (Å²) >= 11 is 3.40. The average Bonchev–Trinajstić information content (AvgIpc) is 3.21. The Morgan fingerprint density at radius 2 is 1.79 bits per heavy atom. The molecule has 34 heavy (non-hydrogen) atoms. The van der Waals surface area contributed by atoms with E-state index in [0.29, 0.717) is 11.4 Å². The predicted octanol–water partition coefficient (Wildman–Crippen LogP) is 5.43. The Bertz CT molecular complexity index is 1160. The van der Waals surface area contributed by atoms with E-state index in [1.54, 1.807) is 34.9 Å². The quantitative estimate of drug-likeness (QED) is 0.445. The standard InChI is InChI=1S/C26H31BrN4O3/c1-17(2)30(25(33)18-8-7-9-19(27)14-18)16-24(32)28-23-15-22(26(3,4)5)29-31(23)20-10-12-21(34-6)13-11-20/h7-15,17H,16H2,1-6H3,(H,28,32). The van der Waals surface area contributed by atoms with Gasteiger partial charge in [-0.05, 0) is 56.3 Å². The van der Waals surface area contributed by atoms with Crippen molar-refractivity contribution in [2.75, 3.05) is 19.0 Å². The Morgan fingerprint density at radius 1 is 1.12 bits per heavy atom. The highest BCUT2D eigenvalue weighted by Gasteiger charge is 2.25. The number of hydrogen-bond acceptors (Lipinski definition) is 4. The monoisotopic (exact) mass is 526 g/mol. The van der Waals surface area contributed by atoms with Gasteiger partial charge in [0.25, 0.3) is 5.91 Å². The van der Waals surface area contributed by atoms with Gasteiger partial charge in [0.1, 0.15) is 18.1 Å². The highest BCUT2D eigenvalue weighted by molar-refractivity contribution is 9.10. The summed E-state index contributed by atoms with van der Waals surface area (Å²) in [5.41, 5.74) is 1.94. The van der Waals surface area contributed by atoms with E-state index < -0.39 is 0 Å². The van der Waals surface area contributed by atoms with Crippen LogP contribution in [0.3, 0.4) is 0 Å². The number of ether oxygens (including phenoxy) is 1. The van der Waals surface area contributed by atoms with Crippen molar-refractivity contribution >= 4 is 33.6 Å². The highest BCUT2D eigenvalue weighted by atomic mass is 79.9. The maximum absolute atomic E-state index is 13.1. The van der Waals surface area contributed by atoms with Gasteiger partial charge in [-0.3, -0.25) is 9.59 Å². The molecule has 2 aromatic carbocycles. The Labute approximate surface area is 209 Å². The molecule has 8 heteroatoms. The molecule has 0 bridgehead atoms. The molecule has 1 heterocycles. The first-order valence-corrected chi connectivity index (χ1v) is 11.9. The first-order chi connectivity index (χ1) is 16.0. The summed E-state index contributed by atoms with van der Waals surface area (Å²) in [5.74, 6) is 0.771. The number of halogens is 1. The van der Waals surface area contributed by atoms with Gasteiger partial charge in [-0.1, -0.05) is 42.8 Å². The van der Waals surface area contributed by atoms with Crippen LogP contribution in [0.4, 0.5) is 5.82 Å². The summed E-state index contributed by atoms with van der Waals surface area (Å²) in [6.07, 6.45) is 0. The molecule has 3 rings (SSSR count). The fraction of sp³-hybridized carbons (Fsp3) is 0.346. The van der Waals surface area contributed by atoms with Gasteiger partial charge in [0.05, 0.1) is 18.5 Å². The number of carbonyl (C=O) groups excluding carboxylic acids is 2. The lowest BCUT2D eigenvalue weighted by atomic mass is 9.92. The van der Waals surface area contributed by atoms with Crippen molar-refractivity contribution in [2.24, 2.45) is 0 Å². The van der Waals surface area contributed by atoms with Crippen LogP contribution in [0, 0.1) is 0 Å². The lowest BCUT2D eigenvalue weighted by Crippen LogP contribution is -2.42. The summed E-state index contributed by atoms with van der Waals surface area (Å²) in [4.78, 5) is 27.8. The number of rotatable bonds is 7. The van der Waals surface area contributed by atoms with Crippen LogP contribution in [0.1, 0.15) is 50.7 Å². The lowest BCUT2D eigenvalue weighted by molar-refractivity contribution is -0.117. The third-order valence-corrected chi connectivity index (χ3v) is 5.83. The fourth-order valence-electron chi connectivity index (χ4n) is 3.37. The smallest absolute Gasteiger partial charge is 0.254 e. The molecule has 1 aromatic heterocycles. The van der Waals surface area contributed by atoms with Gasteiger partial charge in [0.2, 0.25) is 5.91 Å². The summed E-state index contributed by atoms with van der Waals surface area (Å²) in [7, 11) is 1.61. The first-order valence-electron chi connectivity index (χ1n) is 11.1. The van der Waals surface area contributed by atoms with Crippen molar-refractivity contribution in [1.82, 2.24) is 14.7 Å². The van der Waals surface area contributed by atoms with E-state index in [4.69, 9.17) is 9.84 Å². The summed E-state index contributed by atoms with van der Waals surface area (Å²) in [5, 5.41) is 7.70. The molecule has 0 atom stereocenters. The Balaban J connectivity index is 1.87. The van der Waals surface area contributed by atoms with Gasteiger partial charge in [-0.2, -0.15) is 5.10 Å². The minimum absolute atomic E-state index is 0.0817. The number of methoxy groups -OCH3 is 1. The largest absolute Gasteiger partial charge is 0.497 e. The zero-order valence-corrected chi connectivity index (χ0v) is 22.0. The van der Waals surface area contributed by atoms with Crippen molar-refractivity contribution in [3.63, 3.8) is 0 Å². The molecule has 1 N–H and O–H groups in total. The number of benzene rings is 2. The maximum Gasteiger partial charge on any atom is 0.254 e. The minimum Gasteiger partial charge on any atom is -0.497 e. The second-order valence-corrected chi connectivity index (χ2v) is 10.3. The molecule has 0 saturated heterocycles. The topological polar surface area (TPSA) is 76.5 Å². The molecule has 0 unspecified atom stereocenters. The molecular formula is C26H31BrN4O3. The van der Waals surface area contributed by atoms with E-state index in [1.165, 1.54) is 0 Å². The third kappa shape index (κ3) is 6.05. The molecule has 0 spiro atoms. The Kier molecular flexibility index (Phi) is 7.82. The van der Waals surface area contributed by atoms with Gasteiger partial charge in [0.15, 0.2) is 0 Å². The zero-order valence-electron chi connectivity index (χ0n) is 20.4. The molecule has 0 radical (unpaired) electrons. The van der Waals surface area contributed by atoms with Crippen LogP contribution in [0.15, 0.2) is 59.1 Å². The fourth-order valence-corrected chi connectivity index (χ4v) is 3.77. The van der Waals surface area contributed by atoms with E-state index in [-0.39, 0.29) is 29.8 Å². The molecule has 0 aliphatic carbocycles. The van der Waals surface area contributed by atoms with Gasteiger partial charge in [-0.25, -0.2) is 4.68 Å². The Hall–Kier alpha value is -3.13. The molecule has 0 aliphatic rings. The van der Waals surface area contributed by atoms with Crippen LogP contribution in [-0.4, -0.2) is 46.2 Å². The van der Waals surface area contributed by atoms with Crippen molar-refractivity contribution in [3.05, 3.63) is 70.3 Å². The second-order valence-electron chi connectivity index (χ2n) is 9.36. The summed E-state index contributed by atoms with van der Waals surface area (Å²) < 4.78 is 7.76. The molecule has 2 amide bonds. The molecule has 0 saturated carbocycles. The summed E-state index contributed by atoms with van der Waals surface area (Å²) in [6.45, 7) is 9.90. The SMILES string of the molecule is COc1ccc(-n2nc(C(C)(C)C)cc2NC(=O)CN(C(=O)c2cccc(Br)c2)C(C)C)cc1. The molecule has 0 fully saturated rings. The van der Waals surface area contributed by atoms with Crippen LogP contribution in [0.5, 0.6) is 5.75 Å². The number of nitrogens with zero attached hydrogens (tertiary/aromatic N) is 3. The third-order valence-electron chi connectivity index (χ3n) is 5.33. The van der Waals surface area contributed by atoms with Crippen LogP contribution in [0.2, 0.25) is 0 Å². The van der Waals surface area contributed by atoms with Gasteiger partial charge < -0.3 is 15.0 Å². The van der Waals surface area contributed by atoms with E-state index in [0.717, 1.165) is 21.6 Å². The van der Waals surface area contributed by atoms with E-state index in [1.807, 2.05) is 50.2 Å².